The third-order valence-electron chi connectivity index (χ3n) is 11.8. The number of aromatic nitrogens is 4. The molecule has 12 rings (SSSR count). The average Bonchev–Trinajstić information content (AvgIpc) is 3.65. The van der Waals surface area contributed by atoms with Crippen LogP contribution in [0.5, 0.6) is 0 Å². The van der Waals surface area contributed by atoms with Gasteiger partial charge in [0.25, 0.3) is 0 Å². The fourth-order valence-electron chi connectivity index (χ4n) is 9.05. The van der Waals surface area contributed by atoms with Gasteiger partial charge in [-0.3, -0.25) is 0 Å². The van der Waals surface area contributed by atoms with Crippen molar-refractivity contribution in [2.45, 2.75) is 0 Å². The van der Waals surface area contributed by atoms with E-state index >= 15 is 0 Å². The largest absolute Gasteiger partial charge is 0.309 e. The van der Waals surface area contributed by atoms with Crippen molar-refractivity contribution < 1.29 is 0 Å². The molecule has 0 N–H and O–H groups in total. The lowest BCUT2D eigenvalue weighted by molar-refractivity contribution is 1.07. The van der Waals surface area contributed by atoms with Crippen molar-refractivity contribution in [2.24, 2.45) is 0 Å². The zero-order chi connectivity index (χ0) is 38.9. The molecule has 4 heteroatoms. The number of benzene rings is 10. The summed E-state index contributed by atoms with van der Waals surface area (Å²) in [6.07, 6.45) is 0. The molecule has 0 atom stereocenters. The van der Waals surface area contributed by atoms with Gasteiger partial charge in [-0.25, -0.2) is 15.0 Å². The van der Waals surface area contributed by atoms with Gasteiger partial charge in [0.15, 0.2) is 17.5 Å². The summed E-state index contributed by atoms with van der Waals surface area (Å²) in [5.41, 5.74) is 8.74. The third-order valence-corrected chi connectivity index (χ3v) is 11.8. The zero-order valence-electron chi connectivity index (χ0n) is 31.9. The van der Waals surface area contributed by atoms with Gasteiger partial charge in [-0.2, -0.15) is 0 Å². The van der Waals surface area contributed by atoms with E-state index in [-0.39, 0.29) is 0 Å². The maximum absolute atomic E-state index is 5.09. The van der Waals surface area contributed by atoms with Crippen LogP contribution in [0.15, 0.2) is 206 Å². The Balaban J connectivity index is 1.09. The van der Waals surface area contributed by atoms with Crippen LogP contribution >= 0.6 is 0 Å². The van der Waals surface area contributed by atoms with Gasteiger partial charge >= 0.3 is 0 Å². The second-order valence-corrected chi connectivity index (χ2v) is 15.2. The van der Waals surface area contributed by atoms with E-state index in [2.05, 4.69) is 150 Å². The minimum Gasteiger partial charge on any atom is -0.309 e. The second kappa shape index (κ2) is 13.3. The minimum absolute atomic E-state index is 0.643. The maximum Gasteiger partial charge on any atom is 0.164 e. The molecule has 0 fully saturated rings. The fraction of sp³-hybridized carbons (Fsp3) is 0. The van der Waals surface area contributed by atoms with Crippen LogP contribution in [0.3, 0.4) is 0 Å². The summed E-state index contributed by atoms with van der Waals surface area (Å²) in [5.74, 6) is 1.94. The second-order valence-electron chi connectivity index (χ2n) is 15.2. The standard InChI is InChI=1S/C55H34N4/c1-3-15-36(16-4-1)53-56-54(37-17-5-2-6-18-37)58-55(57-53)40-28-31-48-49(33-40)44-21-10-9-20-43(44)47-24-13-23-42(52(47)48)39-27-30-46-45-22-11-12-25-50(45)59(51(46)34-39)41-29-26-35-14-7-8-19-38(35)32-41/h1-34H. The Labute approximate surface area is 340 Å². The SMILES string of the molecule is c1ccc(-c2nc(-c3ccccc3)nc(-c3ccc4c(c3)c3ccccc3c3cccc(-c5ccc6c7ccccc7n(-c7ccc8ccccc8c7)c6c5)c34)n2)cc1. The summed E-state index contributed by atoms with van der Waals surface area (Å²) >= 11 is 0. The molecule has 2 heterocycles. The van der Waals surface area contributed by atoms with Crippen LogP contribution < -0.4 is 0 Å². The lowest BCUT2D eigenvalue weighted by Gasteiger charge is -2.16. The fourth-order valence-corrected chi connectivity index (χ4v) is 9.05. The van der Waals surface area contributed by atoms with Crippen LogP contribution in [0.25, 0.3) is 116 Å². The molecule has 12 aromatic rings. The van der Waals surface area contributed by atoms with Crippen LogP contribution in [0.4, 0.5) is 0 Å². The lowest BCUT2D eigenvalue weighted by Crippen LogP contribution is -2.00. The number of rotatable bonds is 5. The molecule has 0 amide bonds. The molecule has 0 aliphatic rings. The maximum atomic E-state index is 5.09. The van der Waals surface area contributed by atoms with E-state index in [4.69, 9.17) is 15.0 Å². The highest BCUT2D eigenvalue weighted by atomic mass is 15.0. The quantitative estimate of drug-likeness (QED) is 0.165. The highest BCUT2D eigenvalue weighted by molar-refractivity contribution is 6.29. The third kappa shape index (κ3) is 5.42. The van der Waals surface area contributed by atoms with Crippen molar-refractivity contribution in [1.82, 2.24) is 19.5 Å². The molecule has 0 saturated carbocycles. The van der Waals surface area contributed by atoms with Crippen molar-refractivity contribution >= 4 is 64.9 Å². The van der Waals surface area contributed by atoms with Crippen LogP contribution in [0.2, 0.25) is 0 Å². The van der Waals surface area contributed by atoms with Crippen LogP contribution in [0, 0.1) is 0 Å². The van der Waals surface area contributed by atoms with Crippen molar-refractivity contribution in [3.8, 4) is 51.0 Å². The van der Waals surface area contributed by atoms with Gasteiger partial charge in [0, 0.05) is 33.2 Å². The van der Waals surface area contributed by atoms with Gasteiger partial charge < -0.3 is 4.57 Å². The Morgan fingerprint density at radius 3 is 1.58 bits per heavy atom. The van der Waals surface area contributed by atoms with Crippen LogP contribution in [0.1, 0.15) is 0 Å². The van der Waals surface area contributed by atoms with Gasteiger partial charge in [0.1, 0.15) is 0 Å². The molecule has 10 aromatic carbocycles. The first-order chi connectivity index (χ1) is 29.2. The van der Waals surface area contributed by atoms with E-state index in [9.17, 15) is 0 Å². The monoisotopic (exact) mass is 750 g/mol. The number of nitrogens with zero attached hydrogens (tertiary/aromatic N) is 4. The summed E-state index contributed by atoms with van der Waals surface area (Å²) in [6.45, 7) is 0. The zero-order valence-corrected chi connectivity index (χ0v) is 31.9. The lowest BCUT2D eigenvalue weighted by atomic mass is 9.88. The number of para-hydroxylation sites is 1. The summed E-state index contributed by atoms with van der Waals surface area (Å²) < 4.78 is 2.42. The molecule has 4 nitrogen and oxygen atoms in total. The molecule has 0 radical (unpaired) electrons. The summed E-state index contributed by atoms with van der Waals surface area (Å²) in [5, 5.41) is 12.2. The van der Waals surface area contributed by atoms with Crippen molar-refractivity contribution in [1.29, 1.82) is 0 Å². The molecule has 59 heavy (non-hydrogen) atoms. The Morgan fingerprint density at radius 2 is 0.831 bits per heavy atom. The predicted molar refractivity (Wildman–Crippen MR) is 246 cm³/mol. The molecule has 0 aliphatic carbocycles. The molecule has 0 spiro atoms. The Hall–Kier alpha value is -7.95. The van der Waals surface area contributed by atoms with E-state index < -0.39 is 0 Å². The first-order valence-corrected chi connectivity index (χ1v) is 20.0. The summed E-state index contributed by atoms with van der Waals surface area (Å²) in [7, 11) is 0. The molecule has 2 aromatic heterocycles. The molecular weight excluding hydrogens is 717 g/mol. The molecule has 0 unspecified atom stereocenters. The Morgan fingerprint density at radius 1 is 0.288 bits per heavy atom. The highest BCUT2D eigenvalue weighted by Gasteiger charge is 2.19. The molecular formula is C55H34N4. The Kier molecular flexibility index (Phi) is 7.50. The molecule has 0 aliphatic heterocycles. The van der Waals surface area contributed by atoms with E-state index in [1.165, 1.54) is 70.6 Å². The van der Waals surface area contributed by atoms with Crippen molar-refractivity contribution in [2.75, 3.05) is 0 Å². The number of hydrogen-bond donors (Lipinski definition) is 0. The van der Waals surface area contributed by atoms with Gasteiger partial charge in [-0.05, 0) is 84.5 Å². The molecule has 274 valence electrons. The first kappa shape index (κ1) is 33.2. The minimum atomic E-state index is 0.643. The normalized spacial score (nSPS) is 11.7. The molecule has 0 bridgehead atoms. The Bertz CT molecular complexity index is 3550. The topological polar surface area (TPSA) is 43.6 Å². The number of hydrogen-bond acceptors (Lipinski definition) is 3. The van der Waals surface area contributed by atoms with Crippen LogP contribution in [-0.4, -0.2) is 19.5 Å². The van der Waals surface area contributed by atoms with Gasteiger partial charge in [-0.1, -0.05) is 176 Å². The number of fused-ring (bicyclic) bond motifs is 10. The van der Waals surface area contributed by atoms with Crippen molar-refractivity contribution in [3.63, 3.8) is 0 Å². The first-order valence-electron chi connectivity index (χ1n) is 20.0. The van der Waals surface area contributed by atoms with Gasteiger partial charge in [0.2, 0.25) is 0 Å². The van der Waals surface area contributed by atoms with Gasteiger partial charge in [-0.15, -0.1) is 0 Å². The van der Waals surface area contributed by atoms with E-state index in [1.807, 2.05) is 60.7 Å². The van der Waals surface area contributed by atoms with Gasteiger partial charge in [0.05, 0.1) is 11.0 Å². The highest BCUT2D eigenvalue weighted by Crippen LogP contribution is 2.43. The van der Waals surface area contributed by atoms with Crippen LogP contribution in [-0.2, 0) is 0 Å². The smallest absolute Gasteiger partial charge is 0.164 e. The molecule has 0 saturated heterocycles. The average molecular weight is 751 g/mol. The van der Waals surface area contributed by atoms with Crippen molar-refractivity contribution in [3.05, 3.63) is 206 Å². The van der Waals surface area contributed by atoms with E-state index in [0.29, 0.717) is 17.5 Å². The summed E-state index contributed by atoms with van der Waals surface area (Å²) in [6, 6.07) is 73.6. The van der Waals surface area contributed by atoms with E-state index in [1.54, 1.807) is 0 Å². The predicted octanol–water partition coefficient (Wildman–Crippen LogP) is 14.2. The van der Waals surface area contributed by atoms with E-state index in [0.717, 1.165) is 27.8 Å². The summed E-state index contributed by atoms with van der Waals surface area (Å²) in [4.78, 5) is 15.1.